The first-order chi connectivity index (χ1) is 15.5. The lowest BCUT2D eigenvalue weighted by Gasteiger charge is -2.40. The number of hydrogen-bond acceptors (Lipinski definition) is 4. The first kappa shape index (κ1) is 22.4. The molecule has 0 radical (unpaired) electrons. The molecule has 32 heavy (non-hydrogen) atoms. The molecule has 6 nitrogen and oxygen atoms in total. The standard InChI is InChI=1S/C26H32N2O4/c1-17-14-24(32-2)22(21-9-11-27-25(17)21)16-28-12-10-18(4-3-13-29)15-23(28)19-5-7-20(8-6-19)26(30)31/h5-9,11,14,18,23,27,29H,3-4,10,12-13,15-16H2,1-2H3,(H,30,31)/t18-,23-/m0/s1. The van der Waals surface area contributed by atoms with Gasteiger partial charge in [0.25, 0.3) is 0 Å². The third kappa shape index (κ3) is 4.52. The Bertz CT molecular complexity index is 1070. The number of ether oxygens (including phenoxy) is 1. The molecule has 2 heterocycles. The molecule has 1 aliphatic heterocycles. The lowest BCUT2D eigenvalue weighted by atomic mass is 9.84. The summed E-state index contributed by atoms with van der Waals surface area (Å²) >= 11 is 0. The number of nitrogens with zero attached hydrogens (tertiary/aromatic N) is 1. The minimum atomic E-state index is -0.905. The van der Waals surface area contributed by atoms with Crippen LogP contribution in [0.3, 0.4) is 0 Å². The maximum Gasteiger partial charge on any atom is 0.335 e. The molecular formula is C26H32N2O4. The first-order valence-electron chi connectivity index (χ1n) is 11.3. The number of H-pyrrole nitrogens is 1. The van der Waals surface area contributed by atoms with E-state index in [1.165, 1.54) is 10.9 Å². The Hall–Kier alpha value is -2.83. The normalized spacial score (nSPS) is 19.3. The van der Waals surface area contributed by atoms with E-state index >= 15 is 0 Å². The number of aromatic nitrogens is 1. The first-order valence-corrected chi connectivity index (χ1v) is 11.3. The average Bonchev–Trinajstić information content (AvgIpc) is 3.30. The van der Waals surface area contributed by atoms with Crippen LogP contribution in [0, 0.1) is 12.8 Å². The zero-order valence-electron chi connectivity index (χ0n) is 18.8. The number of rotatable bonds is 8. The third-order valence-electron chi connectivity index (χ3n) is 6.83. The lowest BCUT2D eigenvalue weighted by molar-refractivity contribution is 0.0696. The van der Waals surface area contributed by atoms with E-state index in [0.717, 1.165) is 61.2 Å². The Morgan fingerprint density at radius 2 is 2.03 bits per heavy atom. The zero-order valence-corrected chi connectivity index (χ0v) is 18.8. The van der Waals surface area contributed by atoms with Crippen molar-refractivity contribution in [2.75, 3.05) is 20.3 Å². The summed E-state index contributed by atoms with van der Waals surface area (Å²) in [6, 6.07) is 11.7. The second-order valence-electron chi connectivity index (χ2n) is 8.81. The van der Waals surface area contributed by atoms with Crippen LogP contribution < -0.4 is 4.74 Å². The molecule has 3 N–H and O–H groups in total. The maximum absolute atomic E-state index is 11.3. The Morgan fingerprint density at radius 3 is 2.72 bits per heavy atom. The van der Waals surface area contributed by atoms with Crippen molar-refractivity contribution in [3.63, 3.8) is 0 Å². The van der Waals surface area contributed by atoms with Gasteiger partial charge in [0.05, 0.1) is 12.7 Å². The number of aromatic carboxylic acids is 1. The number of piperidine rings is 1. The van der Waals surface area contributed by atoms with Crippen LogP contribution in [0.25, 0.3) is 10.9 Å². The molecule has 6 heteroatoms. The predicted molar refractivity (Wildman–Crippen MR) is 125 cm³/mol. The van der Waals surface area contributed by atoms with Crippen molar-refractivity contribution in [2.24, 2.45) is 5.92 Å². The summed E-state index contributed by atoms with van der Waals surface area (Å²) in [4.78, 5) is 17.2. The van der Waals surface area contributed by atoms with Crippen LogP contribution in [-0.4, -0.2) is 46.3 Å². The van der Waals surface area contributed by atoms with Crippen LogP contribution in [0.2, 0.25) is 0 Å². The number of likely N-dealkylation sites (tertiary alicyclic amines) is 1. The maximum atomic E-state index is 11.3. The van der Waals surface area contributed by atoms with E-state index in [1.807, 2.05) is 18.3 Å². The molecule has 0 spiro atoms. The van der Waals surface area contributed by atoms with E-state index in [-0.39, 0.29) is 12.6 Å². The SMILES string of the molecule is COc1cc(C)c2[nH]ccc2c1CN1CC[C@H](CCCO)C[C@H]1c1ccc(C(=O)O)cc1. The number of carboxylic acids is 1. The van der Waals surface area contributed by atoms with Crippen molar-refractivity contribution < 1.29 is 19.7 Å². The van der Waals surface area contributed by atoms with Gasteiger partial charge >= 0.3 is 5.97 Å². The number of carboxylic acid groups (broad SMARTS) is 1. The fourth-order valence-electron chi connectivity index (χ4n) is 5.10. The molecule has 1 aromatic heterocycles. The van der Waals surface area contributed by atoms with E-state index in [1.54, 1.807) is 19.2 Å². The number of aliphatic hydroxyl groups excluding tert-OH is 1. The number of aromatic amines is 1. The van der Waals surface area contributed by atoms with Gasteiger partial charge in [-0.1, -0.05) is 12.1 Å². The monoisotopic (exact) mass is 436 g/mol. The van der Waals surface area contributed by atoms with Crippen LogP contribution in [0.5, 0.6) is 5.75 Å². The second kappa shape index (κ2) is 9.76. The van der Waals surface area contributed by atoms with Gasteiger partial charge in [-0.25, -0.2) is 4.79 Å². The van der Waals surface area contributed by atoms with Crippen molar-refractivity contribution in [1.29, 1.82) is 0 Å². The topological polar surface area (TPSA) is 85.8 Å². The van der Waals surface area contributed by atoms with E-state index in [9.17, 15) is 15.0 Å². The van der Waals surface area contributed by atoms with Crippen molar-refractivity contribution in [1.82, 2.24) is 9.88 Å². The molecule has 0 aliphatic carbocycles. The molecule has 2 atom stereocenters. The lowest BCUT2D eigenvalue weighted by Crippen LogP contribution is -2.36. The van der Waals surface area contributed by atoms with Crippen LogP contribution in [-0.2, 0) is 6.54 Å². The van der Waals surface area contributed by atoms with Crippen LogP contribution in [0.15, 0.2) is 42.6 Å². The fourth-order valence-corrected chi connectivity index (χ4v) is 5.10. The van der Waals surface area contributed by atoms with Gasteiger partial charge in [-0.15, -0.1) is 0 Å². The smallest absolute Gasteiger partial charge is 0.335 e. The van der Waals surface area contributed by atoms with E-state index in [4.69, 9.17) is 4.74 Å². The van der Waals surface area contributed by atoms with Gasteiger partial charge < -0.3 is 19.9 Å². The van der Waals surface area contributed by atoms with Gasteiger partial charge in [0.15, 0.2) is 0 Å². The number of methoxy groups -OCH3 is 1. The number of benzene rings is 2. The molecular weight excluding hydrogens is 404 g/mol. The van der Waals surface area contributed by atoms with E-state index in [0.29, 0.717) is 11.5 Å². The number of hydrogen-bond donors (Lipinski definition) is 3. The summed E-state index contributed by atoms with van der Waals surface area (Å²) in [6.45, 7) is 4.02. The number of carbonyl (C=O) groups is 1. The summed E-state index contributed by atoms with van der Waals surface area (Å²) in [6.07, 6.45) is 5.91. The quantitative estimate of drug-likeness (QED) is 0.467. The van der Waals surface area contributed by atoms with Crippen LogP contribution >= 0.6 is 0 Å². The second-order valence-corrected chi connectivity index (χ2v) is 8.81. The fraction of sp³-hybridized carbons (Fsp3) is 0.423. The van der Waals surface area contributed by atoms with Crippen molar-refractivity contribution in [2.45, 2.75) is 45.2 Å². The highest BCUT2D eigenvalue weighted by molar-refractivity contribution is 5.88. The molecule has 0 saturated carbocycles. The average molecular weight is 437 g/mol. The summed E-state index contributed by atoms with van der Waals surface area (Å²) in [5, 5.41) is 19.8. The molecule has 1 saturated heterocycles. The van der Waals surface area contributed by atoms with Crippen molar-refractivity contribution in [3.05, 3.63) is 64.8 Å². The Morgan fingerprint density at radius 1 is 1.25 bits per heavy atom. The summed E-state index contributed by atoms with van der Waals surface area (Å²) in [5.74, 6) is 0.545. The molecule has 4 rings (SSSR count). The number of aryl methyl sites for hydroxylation is 1. The molecule has 0 bridgehead atoms. The molecule has 1 fully saturated rings. The Labute approximate surface area is 188 Å². The van der Waals surface area contributed by atoms with Crippen molar-refractivity contribution >= 4 is 16.9 Å². The zero-order chi connectivity index (χ0) is 22.7. The highest BCUT2D eigenvalue weighted by atomic mass is 16.5. The molecule has 170 valence electrons. The highest BCUT2D eigenvalue weighted by Gasteiger charge is 2.30. The number of nitrogens with one attached hydrogen (secondary N) is 1. The third-order valence-corrected chi connectivity index (χ3v) is 6.83. The van der Waals surface area contributed by atoms with E-state index < -0.39 is 5.97 Å². The highest BCUT2D eigenvalue weighted by Crippen LogP contribution is 2.40. The summed E-state index contributed by atoms with van der Waals surface area (Å²) in [7, 11) is 1.72. The van der Waals surface area contributed by atoms with Gasteiger partial charge in [0.1, 0.15) is 5.75 Å². The number of fused-ring (bicyclic) bond motifs is 1. The van der Waals surface area contributed by atoms with Gasteiger partial charge in [-0.3, -0.25) is 4.90 Å². The molecule has 2 aromatic carbocycles. The molecule has 3 aromatic rings. The Kier molecular flexibility index (Phi) is 6.82. The number of aliphatic hydroxyl groups is 1. The molecule has 0 unspecified atom stereocenters. The molecule has 1 aliphatic rings. The minimum Gasteiger partial charge on any atom is -0.496 e. The van der Waals surface area contributed by atoms with Crippen LogP contribution in [0.4, 0.5) is 0 Å². The van der Waals surface area contributed by atoms with Gasteiger partial charge in [-0.2, -0.15) is 0 Å². The van der Waals surface area contributed by atoms with Gasteiger partial charge in [0.2, 0.25) is 0 Å². The summed E-state index contributed by atoms with van der Waals surface area (Å²) in [5.41, 5.74) is 4.92. The Balaban J connectivity index is 1.67. The largest absolute Gasteiger partial charge is 0.496 e. The minimum absolute atomic E-state index is 0.190. The van der Waals surface area contributed by atoms with E-state index in [2.05, 4.69) is 28.9 Å². The van der Waals surface area contributed by atoms with Gasteiger partial charge in [0, 0.05) is 41.9 Å². The van der Waals surface area contributed by atoms with Gasteiger partial charge in [-0.05, 0) is 80.5 Å². The molecule has 0 amide bonds. The van der Waals surface area contributed by atoms with Crippen molar-refractivity contribution in [3.8, 4) is 5.75 Å². The summed E-state index contributed by atoms with van der Waals surface area (Å²) < 4.78 is 5.77. The predicted octanol–water partition coefficient (Wildman–Crippen LogP) is 4.91. The van der Waals surface area contributed by atoms with Crippen LogP contribution in [0.1, 0.15) is 58.8 Å².